The van der Waals surface area contributed by atoms with Gasteiger partial charge in [-0.3, -0.25) is 0 Å². The van der Waals surface area contributed by atoms with Gasteiger partial charge in [0.05, 0.1) is 18.6 Å². The fourth-order valence-corrected chi connectivity index (χ4v) is 4.67. The van der Waals surface area contributed by atoms with Crippen LogP contribution >= 0.6 is 0 Å². The van der Waals surface area contributed by atoms with Crippen molar-refractivity contribution < 1.29 is 36.9 Å². The van der Waals surface area contributed by atoms with Crippen molar-refractivity contribution in [2.45, 2.75) is 18.1 Å². The number of benzene rings is 3. The quantitative estimate of drug-likeness (QED) is 0.102. The zero-order valence-electron chi connectivity index (χ0n) is 20.9. The lowest BCUT2D eigenvalue weighted by molar-refractivity contribution is 0.198. The Bertz CT molecular complexity index is 1600. The van der Waals surface area contributed by atoms with Crippen LogP contribution in [0.15, 0.2) is 78.9 Å². The molecule has 0 aliphatic heterocycles. The molecule has 0 aliphatic carbocycles. The van der Waals surface area contributed by atoms with Gasteiger partial charge < -0.3 is 24.9 Å². The topological polar surface area (TPSA) is 81.3 Å². The van der Waals surface area contributed by atoms with Gasteiger partial charge in [0, 0.05) is 22.8 Å². The van der Waals surface area contributed by atoms with E-state index in [4.69, 9.17) is 4.74 Å². The molecule has 0 fully saturated rings. The third kappa shape index (κ3) is 4.87. The third-order valence-corrected chi connectivity index (χ3v) is 6.76. The van der Waals surface area contributed by atoms with E-state index in [-0.39, 0.29) is 5.69 Å². The van der Waals surface area contributed by atoms with E-state index in [0.29, 0.717) is 28.4 Å². The fraction of sp³-hybridized carbons (Fsp3) is 0.133. The molecule has 3 unspecified atom stereocenters. The number of nitrogens with one attached hydrogen (secondary N) is 2. The molecule has 2 heterocycles. The summed E-state index contributed by atoms with van der Waals surface area (Å²) in [6.45, 7) is 0. The first-order valence-electron chi connectivity index (χ1n) is 12.1. The maximum atomic E-state index is 14.4. The van der Waals surface area contributed by atoms with E-state index in [1.54, 1.807) is 60.7 Å². The van der Waals surface area contributed by atoms with E-state index < -0.39 is 52.8 Å². The molecule has 4 N–H and O–H groups in total. The van der Waals surface area contributed by atoms with Crippen LogP contribution in [0, 0.1) is 29.1 Å². The fourth-order valence-electron chi connectivity index (χ4n) is 4.67. The highest BCUT2D eigenvalue weighted by Gasteiger charge is 2.31. The molecule has 5 rings (SSSR count). The van der Waals surface area contributed by atoms with Crippen LogP contribution in [-0.4, -0.2) is 27.3 Å². The summed E-state index contributed by atoms with van der Waals surface area (Å²) in [6.07, 6.45) is -3.12. The van der Waals surface area contributed by atoms with Gasteiger partial charge in [-0.15, -0.1) is 0 Å². The SMILES string of the molecule is COc1ccc(C(c2ccc(C(O)c3ccccc3)[nH]2)c2ccc(C(O)c3c(F)c(F)c(F)c(F)c3F)[nH]2)cc1. The van der Waals surface area contributed by atoms with Crippen molar-refractivity contribution in [1.82, 2.24) is 9.97 Å². The second kappa shape index (κ2) is 11.0. The average molecular weight is 555 g/mol. The summed E-state index contributed by atoms with van der Waals surface area (Å²) in [5.41, 5.74) is 1.42. The summed E-state index contributed by atoms with van der Waals surface area (Å²) >= 11 is 0. The van der Waals surface area contributed by atoms with Crippen molar-refractivity contribution >= 4 is 0 Å². The number of methoxy groups -OCH3 is 1. The minimum absolute atomic E-state index is 0.187. The van der Waals surface area contributed by atoms with Crippen LogP contribution in [0.3, 0.4) is 0 Å². The molecule has 0 saturated carbocycles. The lowest BCUT2D eigenvalue weighted by Crippen LogP contribution is -2.13. The maximum absolute atomic E-state index is 14.4. The number of halogens is 5. The molecule has 0 spiro atoms. The molecule has 0 aliphatic rings. The lowest BCUT2D eigenvalue weighted by Gasteiger charge is -2.18. The Morgan fingerprint density at radius 2 is 1.02 bits per heavy atom. The molecule has 40 heavy (non-hydrogen) atoms. The number of hydrogen-bond donors (Lipinski definition) is 4. The Kier molecular flexibility index (Phi) is 7.46. The van der Waals surface area contributed by atoms with Gasteiger partial charge in [0.1, 0.15) is 18.0 Å². The van der Waals surface area contributed by atoms with Gasteiger partial charge in [-0.1, -0.05) is 42.5 Å². The molecule has 0 bridgehead atoms. The van der Waals surface area contributed by atoms with Crippen molar-refractivity contribution in [2.75, 3.05) is 7.11 Å². The Labute approximate surface area is 225 Å². The summed E-state index contributed by atoms with van der Waals surface area (Å²) < 4.78 is 75.1. The van der Waals surface area contributed by atoms with Crippen molar-refractivity contribution in [2.24, 2.45) is 0 Å². The largest absolute Gasteiger partial charge is 0.497 e. The normalized spacial score (nSPS) is 13.7. The van der Waals surface area contributed by atoms with E-state index in [1.807, 2.05) is 6.07 Å². The Morgan fingerprint density at radius 3 is 1.55 bits per heavy atom. The average Bonchev–Trinajstić information content (AvgIpc) is 3.67. The predicted molar refractivity (Wildman–Crippen MR) is 136 cm³/mol. The summed E-state index contributed by atoms with van der Waals surface area (Å²) in [4.78, 5) is 6.10. The number of aliphatic hydroxyl groups is 2. The second-order valence-electron chi connectivity index (χ2n) is 9.14. The van der Waals surface area contributed by atoms with Gasteiger partial charge in [0.2, 0.25) is 5.82 Å². The van der Waals surface area contributed by atoms with Gasteiger partial charge in [-0.25, -0.2) is 22.0 Å². The van der Waals surface area contributed by atoms with Crippen LogP contribution in [0.2, 0.25) is 0 Å². The molecule has 3 atom stereocenters. The maximum Gasteiger partial charge on any atom is 0.200 e. The molecule has 10 heteroatoms. The van der Waals surface area contributed by atoms with Crippen molar-refractivity contribution in [3.05, 3.63) is 147 Å². The van der Waals surface area contributed by atoms with E-state index in [9.17, 15) is 32.2 Å². The molecule has 0 amide bonds. The Morgan fingerprint density at radius 1 is 0.550 bits per heavy atom. The van der Waals surface area contributed by atoms with Crippen LogP contribution in [0.5, 0.6) is 5.75 Å². The number of aromatic amines is 2. The molecule has 0 saturated heterocycles. The first kappa shape index (κ1) is 27.2. The molecule has 206 valence electrons. The summed E-state index contributed by atoms with van der Waals surface area (Å²) in [6, 6.07) is 22.4. The minimum atomic E-state index is -2.31. The van der Waals surface area contributed by atoms with Crippen LogP contribution in [0.4, 0.5) is 22.0 Å². The molecule has 2 aromatic heterocycles. The molecule has 0 radical (unpaired) electrons. The molecule has 3 aromatic carbocycles. The van der Waals surface area contributed by atoms with Crippen molar-refractivity contribution in [3.63, 3.8) is 0 Å². The van der Waals surface area contributed by atoms with Crippen LogP contribution in [0.1, 0.15) is 57.6 Å². The summed E-state index contributed by atoms with van der Waals surface area (Å²) in [5, 5.41) is 21.5. The Hall–Kier alpha value is -4.41. The zero-order chi connectivity index (χ0) is 28.6. The van der Waals surface area contributed by atoms with Gasteiger partial charge in [0.15, 0.2) is 23.3 Å². The number of aromatic nitrogens is 2. The van der Waals surface area contributed by atoms with Crippen molar-refractivity contribution in [1.29, 1.82) is 0 Å². The zero-order valence-corrected chi connectivity index (χ0v) is 20.9. The second-order valence-corrected chi connectivity index (χ2v) is 9.14. The van der Waals surface area contributed by atoms with E-state index in [1.165, 1.54) is 19.2 Å². The number of rotatable bonds is 8. The van der Waals surface area contributed by atoms with E-state index in [2.05, 4.69) is 9.97 Å². The number of ether oxygens (including phenoxy) is 1. The Balaban J connectivity index is 1.55. The van der Waals surface area contributed by atoms with Gasteiger partial charge in [-0.05, 0) is 47.5 Å². The van der Waals surface area contributed by atoms with E-state index >= 15 is 0 Å². The number of H-pyrrole nitrogens is 2. The highest BCUT2D eigenvalue weighted by molar-refractivity contribution is 5.43. The van der Waals surface area contributed by atoms with Gasteiger partial charge in [0.25, 0.3) is 0 Å². The first-order chi connectivity index (χ1) is 19.2. The lowest BCUT2D eigenvalue weighted by atomic mass is 9.92. The molecular weight excluding hydrogens is 531 g/mol. The summed E-state index contributed by atoms with van der Waals surface area (Å²) in [7, 11) is 1.52. The van der Waals surface area contributed by atoms with E-state index in [0.717, 1.165) is 5.56 Å². The smallest absolute Gasteiger partial charge is 0.200 e. The van der Waals surface area contributed by atoms with Crippen LogP contribution < -0.4 is 4.74 Å². The first-order valence-corrected chi connectivity index (χ1v) is 12.1. The van der Waals surface area contributed by atoms with Crippen LogP contribution in [0.25, 0.3) is 0 Å². The minimum Gasteiger partial charge on any atom is -0.497 e. The third-order valence-electron chi connectivity index (χ3n) is 6.76. The molecular formula is C30H23F5N2O3. The highest BCUT2D eigenvalue weighted by atomic mass is 19.2. The summed E-state index contributed by atoms with van der Waals surface area (Å²) in [5.74, 6) is -10.8. The molecule has 5 nitrogen and oxygen atoms in total. The van der Waals surface area contributed by atoms with Crippen LogP contribution in [-0.2, 0) is 0 Å². The molecule has 5 aromatic rings. The standard InChI is InChI=1S/C30H23F5N2O3/c1-40-17-9-7-15(8-10-17)22(18-11-13-20(36-18)29(38)16-5-3-2-4-6-16)19-12-14-21(37-19)30(39)23-24(31)26(33)28(35)27(34)25(23)32/h2-14,22,29-30,36-39H,1H3. The highest BCUT2D eigenvalue weighted by Crippen LogP contribution is 2.36. The monoisotopic (exact) mass is 554 g/mol. The van der Waals surface area contributed by atoms with Gasteiger partial charge >= 0.3 is 0 Å². The number of aliphatic hydroxyl groups excluding tert-OH is 2. The predicted octanol–water partition coefficient (Wildman–Crippen LogP) is 6.39. The van der Waals surface area contributed by atoms with Crippen molar-refractivity contribution in [3.8, 4) is 5.75 Å². The number of hydrogen-bond acceptors (Lipinski definition) is 3. The van der Waals surface area contributed by atoms with Gasteiger partial charge in [-0.2, -0.15) is 0 Å².